The summed E-state index contributed by atoms with van der Waals surface area (Å²) in [6.45, 7) is 3.04. The van der Waals surface area contributed by atoms with Gasteiger partial charge in [0.05, 0.1) is 6.26 Å². The van der Waals surface area contributed by atoms with Crippen LogP contribution in [0.4, 0.5) is 0 Å². The highest BCUT2D eigenvalue weighted by molar-refractivity contribution is 6.30. The molecular formula is C18H16ClN3O2. The van der Waals surface area contributed by atoms with Crippen LogP contribution in [0.25, 0.3) is 11.6 Å². The molecule has 1 aliphatic heterocycles. The van der Waals surface area contributed by atoms with Crippen molar-refractivity contribution in [1.82, 2.24) is 14.9 Å². The number of halogens is 1. The fourth-order valence-corrected chi connectivity index (χ4v) is 2.97. The molecule has 3 aromatic rings. The maximum Gasteiger partial charge on any atom is 0.195 e. The molecule has 0 N–H and O–H groups in total. The molecule has 0 atom stereocenters. The van der Waals surface area contributed by atoms with Gasteiger partial charge in [-0.25, -0.2) is 9.97 Å². The minimum Gasteiger partial charge on any atom is -0.492 e. The van der Waals surface area contributed by atoms with Gasteiger partial charge in [-0.1, -0.05) is 11.6 Å². The first-order valence-corrected chi connectivity index (χ1v) is 8.14. The van der Waals surface area contributed by atoms with Crippen LogP contribution >= 0.6 is 11.6 Å². The molecular weight excluding hydrogens is 326 g/mol. The predicted molar refractivity (Wildman–Crippen MR) is 90.8 cm³/mol. The molecule has 3 heterocycles. The molecule has 4 rings (SSSR count). The van der Waals surface area contributed by atoms with Gasteiger partial charge in [-0.3, -0.25) is 4.90 Å². The van der Waals surface area contributed by atoms with E-state index in [-0.39, 0.29) is 0 Å². The van der Waals surface area contributed by atoms with Crippen LogP contribution in [0.5, 0.6) is 5.75 Å². The van der Waals surface area contributed by atoms with Crippen LogP contribution in [0.15, 0.2) is 53.4 Å². The van der Waals surface area contributed by atoms with Crippen LogP contribution in [-0.4, -0.2) is 28.0 Å². The summed E-state index contributed by atoms with van der Waals surface area (Å²) in [5, 5.41) is 0.727. The highest BCUT2D eigenvalue weighted by atomic mass is 35.5. The number of benzene rings is 1. The topological polar surface area (TPSA) is 51.4 Å². The molecule has 5 nitrogen and oxygen atoms in total. The van der Waals surface area contributed by atoms with Gasteiger partial charge in [0.25, 0.3) is 0 Å². The Kier molecular flexibility index (Phi) is 4.19. The second-order valence-electron chi connectivity index (χ2n) is 5.70. The van der Waals surface area contributed by atoms with E-state index in [0.29, 0.717) is 18.2 Å². The third-order valence-electron chi connectivity index (χ3n) is 3.93. The number of nitrogens with zero attached hydrogens (tertiary/aromatic N) is 3. The molecule has 0 fully saturated rings. The number of fused-ring (bicyclic) bond motifs is 1. The molecule has 0 saturated heterocycles. The Bertz CT molecular complexity index is 819. The third-order valence-corrected chi connectivity index (χ3v) is 4.17. The fraction of sp³-hybridized carbons (Fsp3) is 0.222. The quantitative estimate of drug-likeness (QED) is 0.725. The van der Waals surface area contributed by atoms with Gasteiger partial charge < -0.3 is 9.15 Å². The lowest BCUT2D eigenvalue weighted by Crippen LogP contribution is -2.25. The zero-order chi connectivity index (χ0) is 16.4. The minimum absolute atomic E-state index is 0.597. The highest BCUT2D eigenvalue weighted by Crippen LogP contribution is 2.27. The first-order chi connectivity index (χ1) is 11.8. The Morgan fingerprint density at radius 3 is 2.83 bits per heavy atom. The van der Waals surface area contributed by atoms with Crippen molar-refractivity contribution in [2.45, 2.75) is 13.1 Å². The van der Waals surface area contributed by atoms with E-state index >= 15 is 0 Å². The number of hydrogen-bond donors (Lipinski definition) is 0. The summed E-state index contributed by atoms with van der Waals surface area (Å²) < 4.78 is 11.1. The van der Waals surface area contributed by atoms with E-state index in [2.05, 4.69) is 14.9 Å². The predicted octanol–water partition coefficient (Wildman–Crippen LogP) is 3.78. The molecule has 0 aliphatic carbocycles. The maximum absolute atomic E-state index is 6.10. The zero-order valence-corrected chi connectivity index (χ0v) is 13.7. The lowest BCUT2D eigenvalue weighted by molar-refractivity contribution is 0.219. The van der Waals surface area contributed by atoms with Crippen molar-refractivity contribution in [3.8, 4) is 17.3 Å². The van der Waals surface area contributed by atoms with Crippen LogP contribution in [0.3, 0.4) is 0 Å². The summed E-state index contributed by atoms with van der Waals surface area (Å²) in [5.74, 6) is 2.18. The van der Waals surface area contributed by atoms with Crippen molar-refractivity contribution < 1.29 is 9.15 Å². The summed E-state index contributed by atoms with van der Waals surface area (Å²) in [6, 6.07) is 9.43. The van der Waals surface area contributed by atoms with Crippen molar-refractivity contribution in [3.63, 3.8) is 0 Å². The molecule has 0 unspecified atom stereocenters. The second kappa shape index (κ2) is 6.63. The van der Waals surface area contributed by atoms with Crippen molar-refractivity contribution >= 4 is 11.6 Å². The molecule has 1 aliphatic rings. The molecule has 0 bridgehead atoms. The van der Waals surface area contributed by atoms with Crippen LogP contribution in [0.1, 0.15) is 11.1 Å². The summed E-state index contributed by atoms with van der Waals surface area (Å²) in [6.07, 6.45) is 5.30. The molecule has 24 heavy (non-hydrogen) atoms. The fourth-order valence-electron chi connectivity index (χ4n) is 2.78. The molecule has 0 amide bonds. The molecule has 2 aromatic heterocycles. The first-order valence-electron chi connectivity index (χ1n) is 7.76. The Morgan fingerprint density at radius 1 is 1.17 bits per heavy atom. The molecule has 0 radical (unpaired) electrons. The maximum atomic E-state index is 6.10. The van der Waals surface area contributed by atoms with Gasteiger partial charge in [0.2, 0.25) is 0 Å². The monoisotopic (exact) mass is 341 g/mol. The Balaban J connectivity index is 1.49. The van der Waals surface area contributed by atoms with Crippen LogP contribution in [0, 0.1) is 0 Å². The van der Waals surface area contributed by atoms with Crippen molar-refractivity contribution in [3.05, 3.63) is 65.1 Å². The Hall–Kier alpha value is -2.37. The third kappa shape index (κ3) is 3.27. The van der Waals surface area contributed by atoms with Gasteiger partial charge in [-0.15, -0.1) is 0 Å². The van der Waals surface area contributed by atoms with Crippen LogP contribution in [-0.2, 0) is 13.1 Å². The van der Waals surface area contributed by atoms with Crippen LogP contribution in [0.2, 0.25) is 5.02 Å². The summed E-state index contributed by atoms with van der Waals surface area (Å²) >= 11 is 6.10. The number of furan rings is 1. The lowest BCUT2D eigenvalue weighted by Gasteiger charge is -2.19. The van der Waals surface area contributed by atoms with Gasteiger partial charge in [0.1, 0.15) is 12.4 Å². The van der Waals surface area contributed by atoms with E-state index in [9.17, 15) is 0 Å². The number of aromatic nitrogens is 2. The van der Waals surface area contributed by atoms with Gasteiger partial charge in [-0.2, -0.15) is 0 Å². The molecule has 0 saturated carbocycles. The molecule has 1 aromatic carbocycles. The summed E-state index contributed by atoms with van der Waals surface area (Å²) in [4.78, 5) is 11.1. The van der Waals surface area contributed by atoms with Gasteiger partial charge in [0, 0.05) is 48.2 Å². The number of rotatable bonds is 3. The average molecular weight is 342 g/mol. The normalized spacial score (nSPS) is 14.7. The van der Waals surface area contributed by atoms with E-state index in [1.807, 2.05) is 42.7 Å². The number of ether oxygens (including phenoxy) is 1. The highest BCUT2D eigenvalue weighted by Gasteiger charge is 2.16. The van der Waals surface area contributed by atoms with Gasteiger partial charge in [0.15, 0.2) is 11.6 Å². The van der Waals surface area contributed by atoms with Gasteiger partial charge in [-0.05, 0) is 30.3 Å². The summed E-state index contributed by atoms with van der Waals surface area (Å²) in [7, 11) is 0. The van der Waals surface area contributed by atoms with E-state index in [4.69, 9.17) is 20.8 Å². The molecule has 0 spiro atoms. The second-order valence-corrected chi connectivity index (χ2v) is 6.14. The first kappa shape index (κ1) is 15.2. The lowest BCUT2D eigenvalue weighted by atomic mass is 10.2. The largest absolute Gasteiger partial charge is 0.492 e. The average Bonchev–Trinajstić information content (AvgIpc) is 3.05. The standard InChI is InChI=1S/C18H16ClN3O2/c19-15-3-4-16-14(8-15)12-22(5-7-24-16)11-13-9-20-18(21-10-13)17-2-1-6-23-17/h1-4,6,8-10H,5,7,11-12H2. The number of hydrogen-bond acceptors (Lipinski definition) is 5. The van der Waals surface area contributed by atoms with E-state index in [0.717, 1.165) is 41.5 Å². The van der Waals surface area contributed by atoms with Gasteiger partial charge >= 0.3 is 0 Å². The minimum atomic E-state index is 0.597. The summed E-state index contributed by atoms with van der Waals surface area (Å²) in [5.41, 5.74) is 2.16. The smallest absolute Gasteiger partial charge is 0.195 e. The zero-order valence-electron chi connectivity index (χ0n) is 13.0. The SMILES string of the molecule is Clc1ccc2c(c1)CN(Cc1cnc(-c3ccco3)nc1)CCO2. The molecule has 6 heteroatoms. The van der Waals surface area contributed by atoms with Crippen LogP contribution < -0.4 is 4.74 Å². The van der Waals surface area contributed by atoms with E-state index in [1.54, 1.807) is 6.26 Å². The molecule has 122 valence electrons. The van der Waals surface area contributed by atoms with Crippen molar-refractivity contribution in [1.29, 1.82) is 0 Å². The van der Waals surface area contributed by atoms with E-state index in [1.165, 1.54) is 0 Å². The van der Waals surface area contributed by atoms with E-state index < -0.39 is 0 Å². The Morgan fingerprint density at radius 2 is 2.04 bits per heavy atom. The Labute approximate surface area is 144 Å². The van der Waals surface area contributed by atoms with Crippen molar-refractivity contribution in [2.24, 2.45) is 0 Å². The van der Waals surface area contributed by atoms with Crippen molar-refractivity contribution in [2.75, 3.05) is 13.2 Å².